The number of halogens is 3. The molecule has 1 amide bonds. The monoisotopic (exact) mass is 554 g/mol. The fourth-order valence-corrected chi connectivity index (χ4v) is 4.96. The number of rotatable bonds is 7. The Balaban J connectivity index is 0.00000280. The molecule has 0 unspecified atom stereocenters. The van der Waals surface area contributed by atoms with E-state index in [-0.39, 0.29) is 51.2 Å². The van der Waals surface area contributed by atoms with Crippen LogP contribution in [0, 0.1) is 0 Å². The molecule has 0 aromatic carbocycles. The Kier molecular flexibility index (Phi) is 7.44. The highest BCUT2D eigenvalue weighted by Crippen LogP contribution is 2.37. The molecule has 3 aromatic rings. The third-order valence-electron chi connectivity index (χ3n) is 5.66. The highest BCUT2D eigenvalue weighted by Gasteiger charge is 2.47. The zero-order chi connectivity index (χ0) is 27.7. The van der Waals surface area contributed by atoms with Gasteiger partial charge in [-0.1, -0.05) is 6.07 Å². The first-order valence-corrected chi connectivity index (χ1v) is 13.1. The largest absolute Gasteiger partial charge is 0.475 e. The summed E-state index contributed by atoms with van der Waals surface area (Å²) in [5, 5.41) is -0.513. The highest BCUT2D eigenvalue weighted by atomic mass is 32.2. The second-order valence-corrected chi connectivity index (χ2v) is 10.5. The number of hydrogen-bond donors (Lipinski definition) is 2. The molecular weight excluding hydrogens is 525 g/mol. The van der Waals surface area contributed by atoms with E-state index in [1.54, 1.807) is 12.1 Å². The number of amides is 1. The van der Waals surface area contributed by atoms with E-state index < -0.39 is 33.2 Å². The third-order valence-corrected chi connectivity index (χ3v) is 6.89. The second kappa shape index (κ2) is 10.4. The van der Waals surface area contributed by atoms with Crippen molar-refractivity contribution >= 4 is 27.6 Å². The van der Waals surface area contributed by atoms with Crippen molar-refractivity contribution in [2.24, 2.45) is 0 Å². The van der Waals surface area contributed by atoms with Gasteiger partial charge in [0, 0.05) is 27.2 Å². The number of aromatic nitrogens is 3. The van der Waals surface area contributed by atoms with Gasteiger partial charge in [-0.3, -0.25) is 4.79 Å². The van der Waals surface area contributed by atoms with E-state index >= 15 is 0 Å². The first-order valence-electron chi connectivity index (χ1n) is 11.6. The van der Waals surface area contributed by atoms with Crippen LogP contribution in [0.4, 0.5) is 24.8 Å². The number of sulfonamides is 1. The molecule has 0 bridgehead atoms. The van der Waals surface area contributed by atoms with Crippen molar-refractivity contribution < 1.29 is 34.0 Å². The molecular formula is C24H29F3N6O4S. The topological polar surface area (TPSA) is 140 Å². The van der Waals surface area contributed by atoms with Crippen LogP contribution in [-0.4, -0.2) is 54.1 Å². The summed E-state index contributed by atoms with van der Waals surface area (Å²) in [6.45, 7) is 3.65. The number of alkyl halides is 3. The Morgan fingerprint density at radius 3 is 2.58 bits per heavy atom. The lowest BCUT2D eigenvalue weighted by Gasteiger charge is -2.29. The Labute approximate surface area is 220 Å². The van der Waals surface area contributed by atoms with Crippen LogP contribution in [0.15, 0.2) is 53.7 Å². The summed E-state index contributed by atoms with van der Waals surface area (Å²) >= 11 is 0. The minimum absolute atomic E-state index is 0. The maximum Gasteiger partial charge on any atom is 0.408 e. The molecule has 0 radical (unpaired) electrons. The predicted molar refractivity (Wildman–Crippen MR) is 137 cm³/mol. The fourth-order valence-electron chi connectivity index (χ4n) is 4.02. The lowest BCUT2D eigenvalue weighted by Crippen LogP contribution is -2.43. The molecule has 206 valence electrons. The number of ether oxygens (including phenoxy) is 1. The van der Waals surface area contributed by atoms with E-state index in [2.05, 4.69) is 15.0 Å². The summed E-state index contributed by atoms with van der Waals surface area (Å²) in [6.07, 6.45) is -3.22. The number of carbonyl (C=O) groups is 1. The molecule has 1 atom stereocenters. The van der Waals surface area contributed by atoms with Gasteiger partial charge in [-0.15, -0.1) is 0 Å². The zero-order valence-corrected chi connectivity index (χ0v) is 21.3. The van der Waals surface area contributed by atoms with Gasteiger partial charge in [0.25, 0.3) is 15.9 Å². The Bertz CT molecular complexity index is 1440. The molecule has 0 saturated carbocycles. The quantitative estimate of drug-likeness (QED) is 0.443. The molecule has 1 aliphatic heterocycles. The van der Waals surface area contributed by atoms with Crippen molar-refractivity contribution in [1.82, 2.24) is 19.7 Å². The van der Waals surface area contributed by atoms with Gasteiger partial charge in [-0.2, -0.15) is 21.6 Å². The van der Waals surface area contributed by atoms with E-state index in [9.17, 15) is 26.4 Å². The molecule has 4 rings (SSSR count). The standard InChI is InChI=1S/C24H25F3N6O4S.2H2/c1-14(2)37-20-11-8-15(13-29-20)17-10-9-16(22(30-17)33-12-4-5-18(33)24(25,26)27)23(34)32-38(35,36)21-7-3-6-19(28)31-21;;/h3,6-11,13-14,18H,4-5,12H2,1-2H3,(H2,28,31)(H,32,34);2*1H/t18-;;/m0../s1. The normalized spacial score (nSPS) is 16.1. The van der Waals surface area contributed by atoms with Crippen LogP contribution in [0.25, 0.3) is 11.3 Å². The highest BCUT2D eigenvalue weighted by molar-refractivity contribution is 7.90. The number of carbonyl (C=O) groups excluding carboxylic acids is 1. The van der Waals surface area contributed by atoms with Crippen LogP contribution in [-0.2, 0) is 10.0 Å². The zero-order valence-electron chi connectivity index (χ0n) is 20.4. The molecule has 4 heterocycles. The molecule has 0 spiro atoms. The number of nitrogen functional groups attached to an aromatic ring is 1. The van der Waals surface area contributed by atoms with Crippen molar-refractivity contribution in [3.05, 3.63) is 54.2 Å². The first-order chi connectivity index (χ1) is 17.8. The number of pyridine rings is 3. The van der Waals surface area contributed by atoms with Gasteiger partial charge in [0.15, 0.2) is 5.03 Å². The van der Waals surface area contributed by atoms with Crippen LogP contribution in [0.1, 0.15) is 39.9 Å². The number of anilines is 2. The van der Waals surface area contributed by atoms with Crippen LogP contribution >= 0.6 is 0 Å². The Hall–Kier alpha value is -3.94. The molecule has 0 aliphatic carbocycles. The average Bonchev–Trinajstić information content (AvgIpc) is 3.34. The molecule has 38 heavy (non-hydrogen) atoms. The fraction of sp³-hybridized carbons (Fsp3) is 0.333. The molecule has 14 heteroatoms. The number of nitrogens with one attached hydrogen (secondary N) is 1. The van der Waals surface area contributed by atoms with E-state index in [1.165, 1.54) is 30.5 Å². The lowest BCUT2D eigenvalue weighted by atomic mass is 10.1. The summed E-state index contributed by atoms with van der Waals surface area (Å²) in [6, 6.07) is 7.82. The average molecular weight is 555 g/mol. The first kappa shape index (κ1) is 27.1. The minimum atomic E-state index is -4.59. The number of nitrogens with two attached hydrogens (primary N) is 1. The SMILES string of the molecule is CC(C)Oc1ccc(-c2ccc(C(=O)NS(=O)(=O)c3cccc(N)n3)c(N3CCC[C@H]3C(F)(F)F)n2)cn1.[HH].[HH]. The summed E-state index contributed by atoms with van der Waals surface area (Å²) in [5.74, 6) is -1.18. The van der Waals surface area contributed by atoms with Gasteiger partial charge in [0.05, 0.1) is 17.4 Å². The third kappa shape index (κ3) is 5.96. The van der Waals surface area contributed by atoms with Crippen molar-refractivity contribution in [1.29, 1.82) is 0 Å². The van der Waals surface area contributed by atoms with Gasteiger partial charge in [0.1, 0.15) is 17.7 Å². The summed E-state index contributed by atoms with van der Waals surface area (Å²) in [4.78, 5) is 26.4. The van der Waals surface area contributed by atoms with Gasteiger partial charge in [0.2, 0.25) is 5.88 Å². The number of nitrogens with zero attached hydrogens (tertiary/aromatic N) is 4. The van der Waals surface area contributed by atoms with E-state index in [4.69, 9.17) is 10.5 Å². The van der Waals surface area contributed by atoms with Crippen LogP contribution in [0.3, 0.4) is 0 Å². The molecule has 3 N–H and O–H groups in total. The molecule has 1 fully saturated rings. The van der Waals surface area contributed by atoms with E-state index in [1.807, 2.05) is 18.6 Å². The van der Waals surface area contributed by atoms with Crippen molar-refractivity contribution in [3.8, 4) is 17.1 Å². The molecule has 1 saturated heterocycles. The summed E-state index contributed by atoms with van der Waals surface area (Å²) < 4.78 is 74.3. The van der Waals surface area contributed by atoms with Gasteiger partial charge in [-0.05, 0) is 57.0 Å². The van der Waals surface area contributed by atoms with Crippen LogP contribution < -0.4 is 20.1 Å². The Morgan fingerprint density at radius 1 is 1.18 bits per heavy atom. The molecule has 3 aromatic heterocycles. The van der Waals surface area contributed by atoms with Crippen LogP contribution in [0.2, 0.25) is 0 Å². The van der Waals surface area contributed by atoms with Crippen molar-refractivity contribution in [2.75, 3.05) is 17.2 Å². The molecule has 1 aliphatic rings. The van der Waals surface area contributed by atoms with Crippen molar-refractivity contribution in [2.45, 2.75) is 50.0 Å². The lowest BCUT2D eigenvalue weighted by molar-refractivity contribution is -0.146. The maximum atomic E-state index is 13.8. The summed E-state index contributed by atoms with van der Waals surface area (Å²) in [5.41, 5.74) is 5.91. The van der Waals surface area contributed by atoms with Gasteiger partial charge in [-0.25, -0.2) is 19.7 Å². The van der Waals surface area contributed by atoms with Crippen LogP contribution in [0.5, 0.6) is 5.88 Å². The van der Waals surface area contributed by atoms with E-state index in [0.29, 0.717) is 11.4 Å². The number of hydrogen-bond acceptors (Lipinski definition) is 9. The minimum Gasteiger partial charge on any atom is -0.475 e. The smallest absolute Gasteiger partial charge is 0.408 e. The van der Waals surface area contributed by atoms with Gasteiger partial charge < -0.3 is 15.4 Å². The molecule has 10 nitrogen and oxygen atoms in total. The predicted octanol–water partition coefficient (Wildman–Crippen LogP) is 4.05. The second-order valence-electron chi connectivity index (χ2n) is 8.85. The maximum absolute atomic E-state index is 13.8. The van der Waals surface area contributed by atoms with E-state index in [0.717, 1.165) is 11.0 Å². The van der Waals surface area contributed by atoms with Gasteiger partial charge >= 0.3 is 6.18 Å². The van der Waals surface area contributed by atoms with Crippen molar-refractivity contribution in [3.63, 3.8) is 0 Å². The summed E-state index contributed by atoms with van der Waals surface area (Å²) in [7, 11) is -4.47. The Morgan fingerprint density at radius 2 is 1.95 bits per heavy atom.